The van der Waals surface area contributed by atoms with Gasteiger partial charge in [-0.15, -0.1) is 5.11 Å². The predicted octanol–water partition coefficient (Wildman–Crippen LogP) is 3.61. The van der Waals surface area contributed by atoms with Crippen LogP contribution in [0, 0.1) is 0 Å². The molecule has 0 fully saturated rings. The summed E-state index contributed by atoms with van der Waals surface area (Å²) in [7, 11) is -4.48. The molecule has 0 amide bonds. The van der Waals surface area contributed by atoms with E-state index in [2.05, 4.69) is 10.2 Å². The van der Waals surface area contributed by atoms with Crippen molar-refractivity contribution in [1.29, 1.82) is 0 Å². The molecule has 0 radical (unpaired) electrons. The van der Waals surface area contributed by atoms with Crippen LogP contribution in [0.15, 0.2) is 69.7 Å². The van der Waals surface area contributed by atoms with Gasteiger partial charge in [0.2, 0.25) is 0 Å². The number of fused-ring (bicyclic) bond motifs is 1. The Balaban J connectivity index is 0.00000300. The molecule has 8 nitrogen and oxygen atoms in total. The molecule has 146 valence electrons. The van der Waals surface area contributed by atoms with E-state index in [0.29, 0.717) is 22.0 Å². The van der Waals surface area contributed by atoms with Crippen LogP contribution >= 0.6 is 0 Å². The number of benzene rings is 3. The van der Waals surface area contributed by atoms with Crippen molar-refractivity contribution in [3.05, 3.63) is 60.2 Å². The number of anilines is 1. The Kier molecular flexibility index (Phi) is 7.50. The Morgan fingerprint density at radius 2 is 1.69 bits per heavy atom. The number of nitrogens with zero attached hydrogens (tertiary/aromatic N) is 2. The average molecular weight is 423 g/mol. The molecule has 0 aliphatic heterocycles. The maximum absolute atomic E-state index is 11.7. The van der Waals surface area contributed by atoms with Crippen molar-refractivity contribution < 1.29 is 22.5 Å². The molecule has 3 aromatic rings. The summed E-state index contributed by atoms with van der Waals surface area (Å²) in [5, 5.41) is 8.78. The van der Waals surface area contributed by atoms with Crippen LogP contribution in [-0.4, -0.2) is 55.1 Å². The van der Waals surface area contributed by atoms with Crippen molar-refractivity contribution >= 4 is 73.5 Å². The standard InChI is InChI=1S/C19H17N3O5S.Na.H/c1-2-27-19(23)12-7-9-13(10-8-12)21-22-16-11-17(28(24,25)26)14-5-3-4-6-15(14)18(16)20;;/h3-11H,2,20H2,1H3,(H,24,25,26);;/b22-21+;;. The SMILES string of the molecule is CCOC(=O)c1ccc(/N=N/c2cc(S(=O)(=O)O)c3ccccc3c2N)cc1.[NaH]. The summed E-state index contributed by atoms with van der Waals surface area (Å²) in [6.07, 6.45) is 0. The van der Waals surface area contributed by atoms with E-state index >= 15 is 0 Å². The second-order valence-corrected chi connectivity index (χ2v) is 7.19. The molecule has 0 saturated heterocycles. The van der Waals surface area contributed by atoms with E-state index in [4.69, 9.17) is 10.5 Å². The number of nitrogen functional groups attached to an aromatic ring is 1. The van der Waals surface area contributed by atoms with Crippen LogP contribution in [0.25, 0.3) is 10.8 Å². The van der Waals surface area contributed by atoms with Gasteiger partial charge in [0, 0.05) is 10.8 Å². The zero-order chi connectivity index (χ0) is 20.3. The van der Waals surface area contributed by atoms with Crippen LogP contribution in [-0.2, 0) is 14.9 Å². The van der Waals surface area contributed by atoms with Crippen molar-refractivity contribution in [3.63, 3.8) is 0 Å². The van der Waals surface area contributed by atoms with Gasteiger partial charge in [0.05, 0.1) is 23.5 Å². The first-order valence-electron chi connectivity index (χ1n) is 8.29. The average Bonchev–Trinajstić information content (AvgIpc) is 2.67. The van der Waals surface area contributed by atoms with Crippen LogP contribution in [0.5, 0.6) is 0 Å². The van der Waals surface area contributed by atoms with E-state index in [1.54, 1.807) is 55.5 Å². The fourth-order valence-electron chi connectivity index (χ4n) is 2.64. The number of rotatable bonds is 5. The van der Waals surface area contributed by atoms with E-state index in [-0.39, 0.29) is 52.4 Å². The van der Waals surface area contributed by atoms with Gasteiger partial charge in [0.1, 0.15) is 10.6 Å². The Bertz CT molecular complexity index is 1180. The monoisotopic (exact) mass is 423 g/mol. The fraction of sp³-hybridized carbons (Fsp3) is 0.105. The summed E-state index contributed by atoms with van der Waals surface area (Å²) in [6, 6.07) is 13.9. The summed E-state index contributed by atoms with van der Waals surface area (Å²) in [6.45, 7) is 1.99. The minimum absolute atomic E-state index is 0. The Hall–Kier alpha value is -2.30. The molecule has 0 aromatic heterocycles. The molecule has 0 atom stereocenters. The van der Waals surface area contributed by atoms with Crippen molar-refractivity contribution in [3.8, 4) is 0 Å². The van der Waals surface area contributed by atoms with Gasteiger partial charge in [-0.25, -0.2) is 4.79 Å². The topological polar surface area (TPSA) is 131 Å². The third-order valence-electron chi connectivity index (χ3n) is 3.96. The van der Waals surface area contributed by atoms with E-state index in [9.17, 15) is 17.8 Å². The molecule has 29 heavy (non-hydrogen) atoms. The molecule has 0 heterocycles. The van der Waals surface area contributed by atoms with Gasteiger partial charge < -0.3 is 10.5 Å². The Labute approximate surface area is 189 Å². The number of ether oxygens (including phenoxy) is 1. The number of carbonyl (C=O) groups is 1. The van der Waals surface area contributed by atoms with Crippen molar-refractivity contribution in [1.82, 2.24) is 0 Å². The van der Waals surface area contributed by atoms with Crippen molar-refractivity contribution in [2.75, 3.05) is 12.3 Å². The Morgan fingerprint density at radius 3 is 2.28 bits per heavy atom. The van der Waals surface area contributed by atoms with Crippen molar-refractivity contribution in [2.45, 2.75) is 11.8 Å². The minimum atomic E-state index is -4.48. The van der Waals surface area contributed by atoms with E-state index in [1.807, 2.05) is 0 Å². The van der Waals surface area contributed by atoms with E-state index < -0.39 is 16.1 Å². The van der Waals surface area contributed by atoms with Crippen LogP contribution in [0.1, 0.15) is 17.3 Å². The molecule has 0 aliphatic carbocycles. The van der Waals surface area contributed by atoms with Crippen molar-refractivity contribution in [2.24, 2.45) is 10.2 Å². The maximum atomic E-state index is 11.7. The predicted molar refractivity (Wildman–Crippen MR) is 112 cm³/mol. The van der Waals surface area contributed by atoms with Gasteiger partial charge in [-0.05, 0) is 37.3 Å². The first-order chi connectivity index (χ1) is 13.3. The number of nitrogens with two attached hydrogens (primary N) is 1. The summed E-state index contributed by atoms with van der Waals surface area (Å²) < 4.78 is 37.9. The quantitative estimate of drug-likeness (QED) is 0.212. The number of azo groups is 1. The normalized spacial score (nSPS) is 11.4. The summed E-state index contributed by atoms with van der Waals surface area (Å²) in [5.74, 6) is -0.442. The molecule has 0 saturated carbocycles. The van der Waals surface area contributed by atoms with Gasteiger partial charge in [0.25, 0.3) is 10.1 Å². The number of carbonyl (C=O) groups excluding carboxylic acids is 1. The number of hydrogen-bond donors (Lipinski definition) is 2. The van der Waals surface area contributed by atoms with Crippen LogP contribution in [0.2, 0.25) is 0 Å². The second-order valence-electron chi connectivity index (χ2n) is 5.80. The zero-order valence-corrected chi connectivity index (χ0v) is 15.7. The molecule has 0 spiro atoms. The second kappa shape index (κ2) is 9.47. The van der Waals surface area contributed by atoms with Gasteiger partial charge in [-0.3, -0.25) is 4.55 Å². The molecule has 3 N–H and O–H groups in total. The summed E-state index contributed by atoms with van der Waals surface area (Å²) in [4.78, 5) is 11.4. The van der Waals surface area contributed by atoms with Crippen LogP contribution in [0.3, 0.4) is 0 Å². The third kappa shape index (κ3) is 5.20. The van der Waals surface area contributed by atoms with Crippen LogP contribution < -0.4 is 5.73 Å². The molecule has 0 unspecified atom stereocenters. The summed E-state index contributed by atoms with van der Waals surface area (Å²) in [5.41, 5.74) is 7.23. The first-order valence-corrected chi connectivity index (χ1v) is 9.73. The van der Waals surface area contributed by atoms with Gasteiger partial charge >= 0.3 is 35.5 Å². The zero-order valence-electron chi connectivity index (χ0n) is 14.9. The molecule has 3 rings (SSSR count). The third-order valence-corrected chi connectivity index (χ3v) is 4.85. The van der Waals surface area contributed by atoms with Gasteiger partial charge in [-0.2, -0.15) is 13.5 Å². The molecule has 0 bridgehead atoms. The molecular weight excluding hydrogens is 405 g/mol. The van der Waals surface area contributed by atoms with Gasteiger partial charge in [-0.1, -0.05) is 24.3 Å². The first kappa shape index (κ1) is 23.0. The van der Waals surface area contributed by atoms with E-state index in [0.717, 1.165) is 0 Å². The molecule has 10 heteroatoms. The molecule has 3 aromatic carbocycles. The Morgan fingerprint density at radius 1 is 1.07 bits per heavy atom. The summed E-state index contributed by atoms with van der Waals surface area (Å²) >= 11 is 0. The number of hydrogen-bond acceptors (Lipinski definition) is 7. The number of esters is 1. The molecule has 0 aliphatic rings. The fourth-order valence-corrected chi connectivity index (χ4v) is 3.35. The van der Waals surface area contributed by atoms with Gasteiger partial charge in [0.15, 0.2) is 0 Å². The van der Waals surface area contributed by atoms with Crippen LogP contribution in [0.4, 0.5) is 17.1 Å². The molecular formula is C19H18N3NaO5S. The van der Waals surface area contributed by atoms with E-state index in [1.165, 1.54) is 6.07 Å².